The summed E-state index contributed by atoms with van der Waals surface area (Å²) in [5, 5.41) is 0.270. The van der Waals surface area contributed by atoms with E-state index in [1.165, 1.54) is 35.1 Å². The number of halogens is 2. The van der Waals surface area contributed by atoms with Crippen LogP contribution in [0.4, 0.5) is 4.39 Å². The van der Waals surface area contributed by atoms with Gasteiger partial charge in [-0.15, -0.1) is 0 Å². The van der Waals surface area contributed by atoms with Gasteiger partial charge >= 0.3 is 5.97 Å². The van der Waals surface area contributed by atoms with E-state index in [9.17, 15) is 14.0 Å². The predicted molar refractivity (Wildman–Crippen MR) is 156 cm³/mol. The Bertz CT molecular complexity index is 1810. The van der Waals surface area contributed by atoms with Gasteiger partial charge in [-0.05, 0) is 55.3 Å². The standard InChI is InChI=1S/C31H26ClFN2O5S/c1-4-39-30(37)27-18(2)34-31-35(28(27)20-9-6-5-7-10-20)29(36)26(41-31)16-19-13-14-24(25(15-19)38-3)40-17-21-22(32)11-8-12-23(21)33/h5-16,28H,4,17H2,1-3H3/b26-16-/t28-/m1/s1. The molecular weight excluding hydrogens is 567 g/mol. The van der Waals surface area contributed by atoms with E-state index in [1.807, 2.05) is 30.3 Å². The maximum atomic E-state index is 14.2. The number of methoxy groups -OCH3 is 1. The normalized spacial score (nSPS) is 14.9. The summed E-state index contributed by atoms with van der Waals surface area (Å²) in [7, 11) is 1.50. The topological polar surface area (TPSA) is 79.1 Å². The van der Waals surface area contributed by atoms with E-state index in [-0.39, 0.29) is 29.4 Å². The number of hydrogen-bond acceptors (Lipinski definition) is 7. The molecule has 1 atom stereocenters. The molecular formula is C31H26ClFN2O5S. The van der Waals surface area contributed by atoms with Gasteiger partial charge in [-0.1, -0.05) is 65.4 Å². The van der Waals surface area contributed by atoms with Gasteiger partial charge in [0.25, 0.3) is 5.56 Å². The molecule has 0 radical (unpaired) electrons. The molecule has 1 aliphatic rings. The lowest BCUT2D eigenvalue weighted by Gasteiger charge is -2.24. The van der Waals surface area contributed by atoms with Crippen LogP contribution in [0.25, 0.3) is 6.08 Å². The molecule has 0 fully saturated rings. The van der Waals surface area contributed by atoms with Crippen LogP contribution in [0.1, 0.15) is 36.6 Å². The summed E-state index contributed by atoms with van der Waals surface area (Å²) in [6.07, 6.45) is 1.73. The molecule has 2 heterocycles. The van der Waals surface area contributed by atoms with Crippen LogP contribution in [-0.2, 0) is 16.1 Å². The van der Waals surface area contributed by atoms with Gasteiger partial charge in [0.05, 0.1) is 40.6 Å². The van der Waals surface area contributed by atoms with E-state index in [4.69, 9.17) is 25.8 Å². The van der Waals surface area contributed by atoms with E-state index < -0.39 is 17.8 Å². The Morgan fingerprint density at radius 2 is 1.90 bits per heavy atom. The molecule has 1 aliphatic heterocycles. The van der Waals surface area contributed by atoms with Gasteiger partial charge in [-0.2, -0.15) is 0 Å². The predicted octanol–water partition coefficient (Wildman–Crippen LogP) is 5.18. The van der Waals surface area contributed by atoms with Crippen molar-refractivity contribution in [2.45, 2.75) is 26.5 Å². The third-order valence-electron chi connectivity index (χ3n) is 6.55. The van der Waals surface area contributed by atoms with Crippen molar-refractivity contribution in [1.82, 2.24) is 4.57 Å². The maximum absolute atomic E-state index is 14.2. The van der Waals surface area contributed by atoms with Crippen molar-refractivity contribution >= 4 is 35.0 Å². The molecule has 4 aromatic rings. The van der Waals surface area contributed by atoms with E-state index >= 15 is 0 Å². The van der Waals surface area contributed by atoms with Crippen LogP contribution in [0.5, 0.6) is 11.5 Å². The van der Waals surface area contributed by atoms with Crippen LogP contribution in [0.2, 0.25) is 5.02 Å². The summed E-state index contributed by atoms with van der Waals surface area (Å²) in [6, 6.07) is 18.3. The van der Waals surface area contributed by atoms with Crippen LogP contribution in [-0.4, -0.2) is 24.3 Å². The molecule has 0 saturated heterocycles. The molecule has 0 N–H and O–H groups in total. The first kappa shape index (κ1) is 28.3. The SMILES string of the molecule is CCOC(=O)C1=C(C)N=c2s/c(=C\c3ccc(OCc4c(F)cccc4Cl)c(OC)c3)c(=O)n2[C@@H]1c1ccccc1. The number of esters is 1. The van der Waals surface area contributed by atoms with Gasteiger partial charge in [0.2, 0.25) is 0 Å². The Balaban J connectivity index is 1.53. The highest BCUT2D eigenvalue weighted by Gasteiger charge is 2.33. The summed E-state index contributed by atoms with van der Waals surface area (Å²) in [4.78, 5) is 31.8. The Morgan fingerprint density at radius 3 is 2.61 bits per heavy atom. The molecule has 1 aromatic heterocycles. The molecule has 10 heteroatoms. The molecule has 5 rings (SSSR count). The van der Waals surface area contributed by atoms with Gasteiger partial charge in [-0.3, -0.25) is 9.36 Å². The number of allylic oxidation sites excluding steroid dienone is 1. The number of carbonyl (C=O) groups is 1. The molecule has 0 aliphatic carbocycles. The Kier molecular flexibility index (Phi) is 8.37. The molecule has 0 unspecified atom stereocenters. The number of aromatic nitrogens is 1. The Hall–Kier alpha value is -4.21. The van der Waals surface area contributed by atoms with E-state index in [0.717, 1.165) is 5.56 Å². The van der Waals surface area contributed by atoms with Crippen molar-refractivity contribution in [3.05, 3.63) is 125 Å². The number of benzene rings is 3. The molecule has 41 heavy (non-hydrogen) atoms. The van der Waals surface area contributed by atoms with Crippen molar-refractivity contribution in [3.8, 4) is 11.5 Å². The minimum atomic E-state index is -0.677. The van der Waals surface area contributed by atoms with E-state index in [1.54, 1.807) is 44.2 Å². The summed E-state index contributed by atoms with van der Waals surface area (Å²) >= 11 is 7.35. The van der Waals surface area contributed by atoms with Crippen LogP contribution >= 0.6 is 22.9 Å². The second kappa shape index (κ2) is 12.1. The zero-order valence-electron chi connectivity index (χ0n) is 22.5. The highest BCUT2D eigenvalue weighted by atomic mass is 35.5. The molecule has 210 valence electrons. The average Bonchev–Trinajstić information content (AvgIpc) is 3.26. The molecule has 0 amide bonds. The first-order valence-corrected chi connectivity index (χ1v) is 14.0. The fraction of sp³-hybridized carbons (Fsp3) is 0.194. The second-order valence-corrected chi connectivity index (χ2v) is 10.5. The summed E-state index contributed by atoms with van der Waals surface area (Å²) in [5.41, 5.74) is 2.24. The largest absolute Gasteiger partial charge is 0.493 e. The molecule has 0 saturated carbocycles. The number of carbonyl (C=O) groups excluding carboxylic acids is 1. The number of thiazole rings is 1. The van der Waals surface area contributed by atoms with Crippen LogP contribution < -0.4 is 24.4 Å². The third-order valence-corrected chi connectivity index (χ3v) is 7.89. The fourth-order valence-electron chi connectivity index (χ4n) is 4.61. The quantitative estimate of drug-likeness (QED) is 0.264. The Morgan fingerprint density at radius 1 is 1.12 bits per heavy atom. The first-order valence-electron chi connectivity index (χ1n) is 12.8. The van der Waals surface area contributed by atoms with Crippen molar-refractivity contribution in [2.24, 2.45) is 4.99 Å². The van der Waals surface area contributed by atoms with Gasteiger partial charge < -0.3 is 14.2 Å². The Labute approximate surface area is 244 Å². The number of fused-ring (bicyclic) bond motifs is 1. The lowest BCUT2D eigenvalue weighted by atomic mass is 9.96. The molecule has 7 nitrogen and oxygen atoms in total. The van der Waals surface area contributed by atoms with Gasteiger partial charge in [-0.25, -0.2) is 14.2 Å². The lowest BCUT2D eigenvalue weighted by Crippen LogP contribution is -2.39. The van der Waals surface area contributed by atoms with Crippen molar-refractivity contribution in [3.63, 3.8) is 0 Å². The van der Waals surface area contributed by atoms with E-state index in [2.05, 4.69) is 4.99 Å². The van der Waals surface area contributed by atoms with Gasteiger partial charge in [0.15, 0.2) is 16.3 Å². The monoisotopic (exact) mass is 592 g/mol. The highest BCUT2D eigenvalue weighted by molar-refractivity contribution is 7.07. The van der Waals surface area contributed by atoms with Crippen molar-refractivity contribution < 1.29 is 23.4 Å². The van der Waals surface area contributed by atoms with Crippen molar-refractivity contribution in [2.75, 3.05) is 13.7 Å². The number of nitrogens with zero attached hydrogens (tertiary/aromatic N) is 2. The minimum absolute atomic E-state index is 0.0819. The zero-order valence-corrected chi connectivity index (χ0v) is 24.1. The molecule has 0 spiro atoms. The summed E-state index contributed by atoms with van der Waals surface area (Å²) < 4.78 is 32.8. The molecule has 3 aromatic carbocycles. The van der Waals surface area contributed by atoms with Crippen LogP contribution in [0, 0.1) is 5.82 Å². The third kappa shape index (κ3) is 5.68. The maximum Gasteiger partial charge on any atom is 0.338 e. The van der Waals surface area contributed by atoms with Gasteiger partial charge in [0, 0.05) is 5.56 Å². The smallest absolute Gasteiger partial charge is 0.338 e. The van der Waals surface area contributed by atoms with Crippen molar-refractivity contribution in [1.29, 1.82) is 0 Å². The molecule has 0 bridgehead atoms. The second-order valence-electron chi connectivity index (χ2n) is 9.11. The highest BCUT2D eigenvalue weighted by Crippen LogP contribution is 2.32. The first-order chi connectivity index (χ1) is 19.8. The number of hydrogen-bond donors (Lipinski definition) is 0. The average molecular weight is 593 g/mol. The summed E-state index contributed by atoms with van der Waals surface area (Å²) in [6.45, 7) is 3.61. The van der Waals surface area contributed by atoms with Crippen LogP contribution in [0.15, 0.2) is 87.8 Å². The number of rotatable bonds is 8. The lowest BCUT2D eigenvalue weighted by molar-refractivity contribution is -0.139. The summed E-state index contributed by atoms with van der Waals surface area (Å²) in [5.74, 6) is -0.168. The fourth-order valence-corrected chi connectivity index (χ4v) is 5.87. The van der Waals surface area contributed by atoms with E-state index in [0.29, 0.717) is 37.7 Å². The minimum Gasteiger partial charge on any atom is -0.493 e. The zero-order chi connectivity index (χ0) is 29.1. The number of ether oxygens (including phenoxy) is 3. The van der Waals surface area contributed by atoms with Gasteiger partial charge in [0.1, 0.15) is 12.4 Å². The van der Waals surface area contributed by atoms with Crippen LogP contribution in [0.3, 0.4) is 0 Å².